The summed E-state index contributed by atoms with van der Waals surface area (Å²) in [7, 11) is 3.95. The number of carbonyl (C=O) groups excluding carboxylic acids is 1. The van der Waals surface area contributed by atoms with Gasteiger partial charge in [0, 0.05) is 31.5 Å². The van der Waals surface area contributed by atoms with Crippen molar-refractivity contribution in [3.05, 3.63) is 29.6 Å². The highest BCUT2D eigenvalue weighted by Gasteiger charge is 2.34. The molecule has 5 nitrogen and oxygen atoms in total. The standard InChI is InChI=1S/C14H21N3O2/c1-10-4-11(7-15-6-10)14(19)17-9-13(18)5-12(17)8-16(2)3/h4,6-7,12-13,18H,5,8-9H2,1-3H3. The van der Waals surface area contributed by atoms with E-state index in [1.165, 1.54) is 0 Å². The number of carbonyl (C=O) groups is 1. The van der Waals surface area contributed by atoms with Gasteiger partial charge in [-0.1, -0.05) is 0 Å². The maximum atomic E-state index is 12.5. The number of rotatable bonds is 3. The number of likely N-dealkylation sites (tertiary alicyclic amines) is 1. The summed E-state index contributed by atoms with van der Waals surface area (Å²) in [5, 5.41) is 9.81. The molecule has 0 aromatic carbocycles. The van der Waals surface area contributed by atoms with Crippen molar-refractivity contribution in [2.75, 3.05) is 27.2 Å². The summed E-state index contributed by atoms with van der Waals surface area (Å²) < 4.78 is 0. The Morgan fingerprint density at radius 3 is 2.89 bits per heavy atom. The number of pyridine rings is 1. The van der Waals surface area contributed by atoms with E-state index in [0.717, 1.165) is 12.1 Å². The molecule has 5 heteroatoms. The minimum Gasteiger partial charge on any atom is -0.391 e. The fraction of sp³-hybridized carbons (Fsp3) is 0.571. The molecular weight excluding hydrogens is 242 g/mol. The van der Waals surface area contributed by atoms with Crippen LogP contribution < -0.4 is 0 Å². The molecule has 2 heterocycles. The van der Waals surface area contributed by atoms with Crippen LogP contribution in [0.5, 0.6) is 0 Å². The molecule has 1 fully saturated rings. The predicted octanol–water partition coefficient (Wildman–Crippen LogP) is 0.527. The smallest absolute Gasteiger partial charge is 0.255 e. The number of aromatic nitrogens is 1. The number of aliphatic hydroxyl groups is 1. The van der Waals surface area contributed by atoms with Crippen molar-refractivity contribution in [2.24, 2.45) is 0 Å². The molecule has 1 aromatic heterocycles. The summed E-state index contributed by atoms with van der Waals surface area (Å²) in [6, 6.07) is 1.91. The maximum Gasteiger partial charge on any atom is 0.255 e. The van der Waals surface area contributed by atoms with Crippen LogP contribution in [-0.4, -0.2) is 65.1 Å². The van der Waals surface area contributed by atoms with Gasteiger partial charge in [0.05, 0.1) is 11.7 Å². The van der Waals surface area contributed by atoms with Gasteiger partial charge >= 0.3 is 0 Å². The highest BCUT2D eigenvalue weighted by molar-refractivity contribution is 5.94. The average Bonchev–Trinajstić information content (AvgIpc) is 2.68. The quantitative estimate of drug-likeness (QED) is 0.864. The van der Waals surface area contributed by atoms with Crippen molar-refractivity contribution in [1.29, 1.82) is 0 Å². The van der Waals surface area contributed by atoms with Gasteiger partial charge in [0.1, 0.15) is 0 Å². The van der Waals surface area contributed by atoms with Crippen molar-refractivity contribution in [3.8, 4) is 0 Å². The first-order valence-corrected chi connectivity index (χ1v) is 6.53. The Hall–Kier alpha value is -1.46. The van der Waals surface area contributed by atoms with Crippen LogP contribution in [0.4, 0.5) is 0 Å². The first-order chi connectivity index (χ1) is 8.97. The van der Waals surface area contributed by atoms with Crippen LogP contribution >= 0.6 is 0 Å². The molecule has 1 aromatic rings. The lowest BCUT2D eigenvalue weighted by molar-refractivity contribution is 0.0698. The third kappa shape index (κ3) is 3.30. The second kappa shape index (κ2) is 5.67. The largest absolute Gasteiger partial charge is 0.391 e. The minimum atomic E-state index is -0.424. The lowest BCUT2D eigenvalue weighted by atomic mass is 10.1. The number of aliphatic hydroxyl groups excluding tert-OH is 1. The topological polar surface area (TPSA) is 56.7 Å². The van der Waals surface area contributed by atoms with Gasteiger partial charge in [0.15, 0.2) is 0 Å². The SMILES string of the molecule is Cc1cncc(C(=O)N2CC(O)CC2CN(C)C)c1. The number of hydrogen-bond acceptors (Lipinski definition) is 4. The number of amides is 1. The van der Waals surface area contributed by atoms with E-state index < -0.39 is 6.10 Å². The Morgan fingerprint density at radius 1 is 1.53 bits per heavy atom. The molecule has 0 saturated carbocycles. The van der Waals surface area contributed by atoms with Crippen LogP contribution in [0.1, 0.15) is 22.3 Å². The normalized spacial score (nSPS) is 23.1. The average molecular weight is 263 g/mol. The molecular formula is C14H21N3O2. The molecule has 1 N–H and O–H groups in total. The molecule has 2 rings (SSSR count). The highest BCUT2D eigenvalue weighted by Crippen LogP contribution is 2.21. The number of β-amino-alcohol motifs (C(OH)–C–C–N with tert-alkyl or cyclic N) is 1. The lowest BCUT2D eigenvalue weighted by Crippen LogP contribution is -2.41. The van der Waals surface area contributed by atoms with E-state index in [1.54, 1.807) is 17.3 Å². The molecule has 19 heavy (non-hydrogen) atoms. The van der Waals surface area contributed by atoms with Crippen LogP contribution in [0.2, 0.25) is 0 Å². The summed E-state index contributed by atoms with van der Waals surface area (Å²) in [4.78, 5) is 20.4. The Kier molecular flexibility index (Phi) is 4.17. The van der Waals surface area contributed by atoms with E-state index in [0.29, 0.717) is 18.5 Å². The van der Waals surface area contributed by atoms with Gasteiger partial charge < -0.3 is 14.9 Å². The van der Waals surface area contributed by atoms with Gasteiger partial charge in [-0.25, -0.2) is 0 Å². The van der Waals surface area contributed by atoms with Crippen molar-refractivity contribution in [2.45, 2.75) is 25.5 Å². The zero-order chi connectivity index (χ0) is 14.0. The monoisotopic (exact) mass is 263 g/mol. The number of nitrogens with zero attached hydrogens (tertiary/aromatic N) is 3. The van der Waals surface area contributed by atoms with E-state index in [2.05, 4.69) is 4.98 Å². The van der Waals surface area contributed by atoms with E-state index in [-0.39, 0.29) is 11.9 Å². The van der Waals surface area contributed by atoms with E-state index in [1.807, 2.05) is 32.0 Å². The molecule has 2 unspecified atom stereocenters. The third-order valence-corrected chi connectivity index (χ3v) is 3.35. The van der Waals surface area contributed by atoms with Gasteiger partial charge in [-0.3, -0.25) is 9.78 Å². The number of hydrogen-bond donors (Lipinski definition) is 1. The van der Waals surface area contributed by atoms with Crippen molar-refractivity contribution in [1.82, 2.24) is 14.8 Å². The Morgan fingerprint density at radius 2 is 2.26 bits per heavy atom. The molecule has 0 radical (unpaired) electrons. The lowest BCUT2D eigenvalue weighted by Gasteiger charge is -2.26. The summed E-state index contributed by atoms with van der Waals surface area (Å²) in [5.74, 6) is -0.0420. The Bertz CT molecular complexity index is 462. The molecule has 0 aliphatic carbocycles. The Balaban J connectivity index is 2.17. The number of likely N-dealkylation sites (N-methyl/N-ethyl adjacent to an activating group) is 1. The zero-order valence-corrected chi connectivity index (χ0v) is 11.7. The minimum absolute atomic E-state index is 0.0420. The molecule has 1 aliphatic rings. The van der Waals surface area contributed by atoms with Crippen molar-refractivity contribution < 1.29 is 9.90 Å². The third-order valence-electron chi connectivity index (χ3n) is 3.35. The molecule has 1 amide bonds. The first-order valence-electron chi connectivity index (χ1n) is 6.53. The van der Waals surface area contributed by atoms with Crippen LogP contribution in [0, 0.1) is 6.92 Å². The molecule has 1 saturated heterocycles. The predicted molar refractivity (Wildman–Crippen MR) is 73.0 cm³/mol. The van der Waals surface area contributed by atoms with Crippen LogP contribution in [-0.2, 0) is 0 Å². The van der Waals surface area contributed by atoms with Crippen LogP contribution in [0.3, 0.4) is 0 Å². The van der Waals surface area contributed by atoms with Gasteiger partial charge in [-0.15, -0.1) is 0 Å². The van der Waals surface area contributed by atoms with Gasteiger partial charge in [0.25, 0.3) is 5.91 Å². The fourth-order valence-electron chi connectivity index (χ4n) is 2.57. The zero-order valence-electron chi connectivity index (χ0n) is 11.7. The first kappa shape index (κ1) is 14.0. The van der Waals surface area contributed by atoms with Gasteiger partial charge in [-0.05, 0) is 39.1 Å². The van der Waals surface area contributed by atoms with E-state index >= 15 is 0 Å². The summed E-state index contributed by atoms with van der Waals surface area (Å²) in [5.41, 5.74) is 1.56. The molecule has 0 spiro atoms. The fourth-order valence-corrected chi connectivity index (χ4v) is 2.57. The molecule has 1 aliphatic heterocycles. The van der Waals surface area contributed by atoms with Gasteiger partial charge in [-0.2, -0.15) is 0 Å². The molecule has 0 bridgehead atoms. The summed E-state index contributed by atoms with van der Waals surface area (Å²) in [6.07, 6.45) is 3.54. The van der Waals surface area contributed by atoms with E-state index in [4.69, 9.17) is 0 Å². The van der Waals surface area contributed by atoms with Crippen LogP contribution in [0.15, 0.2) is 18.5 Å². The van der Waals surface area contributed by atoms with Crippen molar-refractivity contribution >= 4 is 5.91 Å². The molecule has 104 valence electrons. The van der Waals surface area contributed by atoms with Crippen molar-refractivity contribution in [3.63, 3.8) is 0 Å². The Labute approximate surface area is 113 Å². The summed E-state index contributed by atoms with van der Waals surface area (Å²) in [6.45, 7) is 3.09. The van der Waals surface area contributed by atoms with Crippen LogP contribution in [0.25, 0.3) is 0 Å². The number of aryl methyl sites for hydroxylation is 1. The maximum absolute atomic E-state index is 12.5. The van der Waals surface area contributed by atoms with Gasteiger partial charge in [0.2, 0.25) is 0 Å². The second-order valence-electron chi connectivity index (χ2n) is 5.51. The highest BCUT2D eigenvalue weighted by atomic mass is 16.3. The summed E-state index contributed by atoms with van der Waals surface area (Å²) >= 11 is 0. The molecule has 2 atom stereocenters. The second-order valence-corrected chi connectivity index (χ2v) is 5.51. The van der Waals surface area contributed by atoms with E-state index in [9.17, 15) is 9.90 Å².